The van der Waals surface area contributed by atoms with Crippen molar-refractivity contribution >= 4 is 23.0 Å². The highest BCUT2D eigenvalue weighted by Gasteiger charge is 2.13. The van der Waals surface area contributed by atoms with Crippen LogP contribution in [0.15, 0.2) is 29.6 Å². The third kappa shape index (κ3) is 3.12. The van der Waals surface area contributed by atoms with Gasteiger partial charge >= 0.3 is 5.97 Å². The molecule has 0 bridgehead atoms. The highest BCUT2D eigenvalue weighted by atomic mass is 32.1. The predicted molar refractivity (Wildman–Crippen MR) is 77.8 cm³/mol. The molecule has 4 nitrogen and oxygen atoms in total. The lowest BCUT2D eigenvalue weighted by atomic mass is 10.1. The maximum atomic E-state index is 11.6. The topological polar surface area (TPSA) is 42.4 Å². The molecular formula is C14H16N2O2S. The van der Waals surface area contributed by atoms with Crippen LogP contribution in [0, 0.1) is 0 Å². The lowest BCUT2D eigenvalue weighted by molar-refractivity contribution is 0.0526. The van der Waals surface area contributed by atoms with Crippen molar-refractivity contribution in [1.29, 1.82) is 0 Å². The highest BCUT2D eigenvalue weighted by molar-refractivity contribution is 7.11. The van der Waals surface area contributed by atoms with Gasteiger partial charge < -0.3 is 9.64 Å². The Labute approximate surface area is 116 Å². The summed E-state index contributed by atoms with van der Waals surface area (Å²) >= 11 is 1.31. The molecule has 0 amide bonds. The second-order valence-electron chi connectivity index (χ2n) is 4.20. The zero-order valence-corrected chi connectivity index (χ0v) is 12.0. The second kappa shape index (κ2) is 5.84. The van der Waals surface area contributed by atoms with Crippen molar-refractivity contribution < 1.29 is 9.53 Å². The summed E-state index contributed by atoms with van der Waals surface area (Å²) in [5, 5.41) is 2.27. The van der Waals surface area contributed by atoms with Gasteiger partial charge in [0.2, 0.25) is 5.01 Å². The average molecular weight is 276 g/mol. The number of carbonyl (C=O) groups excluding carboxylic acids is 1. The van der Waals surface area contributed by atoms with Gasteiger partial charge in [0, 0.05) is 30.7 Å². The Morgan fingerprint density at radius 2 is 2.21 bits per heavy atom. The van der Waals surface area contributed by atoms with Crippen LogP contribution in [0.4, 0.5) is 5.69 Å². The summed E-state index contributed by atoms with van der Waals surface area (Å²) < 4.78 is 4.94. The predicted octanol–water partition coefficient (Wildman–Crippen LogP) is 3.05. The fraction of sp³-hybridized carbons (Fsp3) is 0.286. The molecule has 0 aliphatic carbocycles. The van der Waals surface area contributed by atoms with Crippen LogP contribution in [0.2, 0.25) is 0 Å². The van der Waals surface area contributed by atoms with Gasteiger partial charge in [-0.15, -0.1) is 11.3 Å². The number of ether oxygens (including phenoxy) is 1. The average Bonchev–Trinajstić information content (AvgIpc) is 2.89. The standard InChI is InChI=1S/C14H16N2O2S/c1-4-18-14(17)13-15-12(9-19-13)10-6-5-7-11(8-10)16(2)3/h5-9H,4H2,1-3H3. The third-order valence-corrected chi connectivity index (χ3v) is 3.43. The van der Waals surface area contributed by atoms with E-state index in [0.717, 1.165) is 16.9 Å². The van der Waals surface area contributed by atoms with Crippen molar-refractivity contribution in [2.24, 2.45) is 0 Å². The normalized spacial score (nSPS) is 10.3. The largest absolute Gasteiger partial charge is 0.461 e. The maximum Gasteiger partial charge on any atom is 0.367 e. The van der Waals surface area contributed by atoms with Gasteiger partial charge in [-0.25, -0.2) is 9.78 Å². The molecule has 0 atom stereocenters. The van der Waals surface area contributed by atoms with Crippen molar-refractivity contribution in [3.05, 3.63) is 34.7 Å². The van der Waals surface area contributed by atoms with Crippen LogP contribution >= 0.6 is 11.3 Å². The summed E-state index contributed by atoms with van der Waals surface area (Å²) in [4.78, 5) is 17.9. The second-order valence-corrected chi connectivity index (χ2v) is 5.06. The molecule has 100 valence electrons. The molecule has 0 aliphatic rings. The monoisotopic (exact) mass is 276 g/mol. The third-order valence-electron chi connectivity index (χ3n) is 2.61. The lowest BCUT2D eigenvalue weighted by Crippen LogP contribution is -2.08. The van der Waals surface area contributed by atoms with Crippen molar-refractivity contribution in [3.63, 3.8) is 0 Å². The Hall–Kier alpha value is -1.88. The van der Waals surface area contributed by atoms with Gasteiger partial charge in [-0.1, -0.05) is 12.1 Å². The molecular weight excluding hydrogens is 260 g/mol. The number of carbonyl (C=O) groups is 1. The zero-order valence-electron chi connectivity index (χ0n) is 11.2. The number of anilines is 1. The van der Waals surface area contributed by atoms with Gasteiger partial charge in [0.1, 0.15) is 0 Å². The molecule has 0 radical (unpaired) electrons. The van der Waals surface area contributed by atoms with Crippen molar-refractivity contribution in [2.45, 2.75) is 6.92 Å². The minimum Gasteiger partial charge on any atom is -0.461 e. The molecule has 2 rings (SSSR count). The quantitative estimate of drug-likeness (QED) is 0.805. The van der Waals surface area contributed by atoms with Crippen molar-refractivity contribution in [1.82, 2.24) is 4.98 Å². The summed E-state index contributed by atoms with van der Waals surface area (Å²) in [5.41, 5.74) is 2.90. The first-order chi connectivity index (χ1) is 9.11. The minimum atomic E-state index is -0.359. The zero-order chi connectivity index (χ0) is 13.8. The number of benzene rings is 1. The molecule has 0 spiro atoms. The lowest BCUT2D eigenvalue weighted by Gasteiger charge is -2.12. The highest BCUT2D eigenvalue weighted by Crippen LogP contribution is 2.25. The molecule has 0 aliphatic heterocycles. The SMILES string of the molecule is CCOC(=O)c1nc(-c2cccc(N(C)C)c2)cs1. The molecule has 2 aromatic rings. The number of hydrogen-bond acceptors (Lipinski definition) is 5. The fourth-order valence-electron chi connectivity index (χ4n) is 1.64. The molecule has 19 heavy (non-hydrogen) atoms. The van der Waals surface area contributed by atoms with Crippen LogP contribution < -0.4 is 4.90 Å². The van der Waals surface area contributed by atoms with E-state index in [-0.39, 0.29) is 5.97 Å². The Balaban J connectivity index is 2.27. The van der Waals surface area contributed by atoms with Gasteiger partial charge in [-0.2, -0.15) is 0 Å². The summed E-state index contributed by atoms with van der Waals surface area (Å²) in [5.74, 6) is -0.359. The molecule has 0 fully saturated rings. The summed E-state index contributed by atoms with van der Waals surface area (Å²) in [6.45, 7) is 2.15. The smallest absolute Gasteiger partial charge is 0.367 e. The van der Waals surface area contributed by atoms with Crippen LogP contribution in [-0.4, -0.2) is 31.7 Å². The van der Waals surface area contributed by atoms with Crippen LogP contribution in [0.25, 0.3) is 11.3 Å². The van der Waals surface area contributed by atoms with E-state index in [9.17, 15) is 4.79 Å². The van der Waals surface area contributed by atoms with E-state index in [2.05, 4.69) is 4.98 Å². The molecule has 0 saturated carbocycles. The van der Waals surface area contributed by atoms with Crippen LogP contribution in [0.5, 0.6) is 0 Å². The summed E-state index contributed by atoms with van der Waals surface area (Å²) in [6, 6.07) is 8.04. The summed E-state index contributed by atoms with van der Waals surface area (Å²) in [7, 11) is 3.98. The van der Waals surface area contributed by atoms with Gasteiger partial charge in [-0.3, -0.25) is 0 Å². The van der Waals surface area contributed by atoms with Crippen LogP contribution in [0.1, 0.15) is 16.7 Å². The molecule has 1 aromatic carbocycles. The number of esters is 1. The van der Waals surface area contributed by atoms with E-state index in [1.807, 2.05) is 48.6 Å². The van der Waals surface area contributed by atoms with E-state index in [0.29, 0.717) is 11.6 Å². The number of rotatable bonds is 4. The van der Waals surface area contributed by atoms with Crippen LogP contribution in [0.3, 0.4) is 0 Å². The van der Waals surface area contributed by atoms with Crippen molar-refractivity contribution in [3.8, 4) is 11.3 Å². The molecule has 0 unspecified atom stereocenters. The van der Waals surface area contributed by atoms with Gasteiger partial charge in [0.05, 0.1) is 12.3 Å². The Bertz CT molecular complexity index is 578. The molecule has 0 saturated heterocycles. The van der Waals surface area contributed by atoms with Crippen LogP contribution in [-0.2, 0) is 4.74 Å². The van der Waals surface area contributed by atoms with Gasteiger partial charge in [0.15, 0.2) is 0 Å². The molecule has 5 heteroatoms. The number of nitrogens with zero attached hydrogens (tertiary/aromatic N) is 2. The fourth-order valence-corrected chi connectivity index (χ4v) is 2.35. The van der Waals surface area contributed by atoms with E-state index >= 15 is 0 Å². The molecule has 1 heterocycles. The van der Waals surface area contributed by atoms with E-state index in [4.69, 9.17) is 4.74 Å². The first kappa shape index (κ1) is 13.5. The molecule has 1 aromatic heterocycles. The van der Waals surface area contributed by atoms with E-state index in [1.165, 1.54) is 11.3 Å². The number of thiazole rings is 1. The van der Waals surface area contributed by atoms with Gasteiger partial charge in [0.25, 0.3) is 0 Å². The van der Waals surface area contributed by atoms with E-state index in [1.54, 1.807) is 6.92 Å². The minimum absolute atomic E-state index is 0.359. The Kier molecular flexibility index (Phi) is 4.16. The Morgan fingerprint density at radius 1 is 1.42 bits per heavy atom. The summed E-state index contributed by atoms with van der Waals surface area (Å²) in [6.07, 6.45) is 0. The number of aromatic nitrogens is 1. The first-order valence-corrected chi connectivity index (χ1v) is 6.90. The first-order valence-electron chi connectivity index (χ1n) is 6.02. The number of hydrogen-bond donors (Lipinski definition) is 0. The van der Waals surface area contributed by atoms with Gasteiger partial charge in [-0.05, 0) is 19.1 Å². The maximum absolute atomic E-state index is 11.6. The van der Waals surface area contributed by atoms with Crippen molar-refractivity contribution in [2.75, 3.05) is 25.6 Å². The van der Waals surface area contributed by atoms with E-state index < -0.39 is 0 Å². The molecule has 0 N–H and O–H groups in total. The Morgan fingerprint density at radius 3 is 2.89 bits per heavy atom.